The summed E-state index contributed by atoms with van der Waals surface area (Å²) in [5, 5.41) is 0. The van der Waals surface area contributed by atoms with E-state index < -0.39 is 0 Å². The second-order valence-electron chi connectivity index (χ2n) is 0. The first-order valence-electron chi connectivity index (χ1n) is 2.24. The van der Waals surface area contributed by atoms with E-state index in [2.05, 4.69) is 30.2 Å². The average molecular weight is 318 g/mol. The normalized spacial score (nSPS) is 3.12. The van der Waals surface area contributed by atoms with Crippen LogP contribution >= 0.6 is 9.42 Å². The van der Waals surface area contributed by atoms with E-state index in [0.29, 0.717) is 0 Å². The summed E-state index contributed by atoms with van der Waals surface area (Å²) >= 11 is 1.61. The van der Waals surface area contributed by atoms with Crippen LogP contribution in [0.1, 0.15) is 20.8 Å². The van der Waals surface area contributed by atoms with Gasteiger partial charge in [0.05, 0.1) is 0 Å². The van der Waals surface area contributed by atoms with Crippen LogP contribution in [0, 0.1) is 20.8 Å². The molecule has 0 unspecified atom stereocenters. The van der Waals surface area contributed by atoms with E-state index in [1.807, 2.05) is 0 Å². The summed E-state index contributed by atoms with van der Waals surface area (Å²) in [5.74, 6) is 0. The van der Waals surface area contributed by atoms with Gasteiger partial charge in [0.15, 0.2) is 0 Å². The summed E-state index contributed by atoms with van der Waals surface area (Å²) in [6.45, 7) is 15.0. The first-order chi connectivity index (χ1) is 4.00. The Hall–Kier alpha value is 0.978. The van der Waals surface area contributed by atoms with Crippen molar-refractivity contribution >= 4 is 9.42 Å². The standard InChI is InChI=1S/3C2H5.ClH.Pt/c3*1-2;;/h3*1H2,2H3;1H;/q3*-1;;+1/p-1. The molecule has 0 heterocycles. The van der Waals surface area contributed by atoms with Crippen molar-refractivity contribution in [3.05, 3.63) is 20.8 Å². The monoisotopic (exact) mass is 317 g/mol. The summed E-state index contributed by atoms with van der Waals surface area (Å²) in [6.07, 6.45) is 0. The van der Waals surface area contributed by atoms with Gasteiger partial charge >= 0.3 is 28.2 Å². The fourth-order valence-electron chi connectivity index (χ4n) is 0. The molecule has 0 aromatic rings. The molecule has 0 aliphatic rings. The second kappa shape index (κ2) is 406. The molecule has 0 aromatic carbocycles. The Morgan fingerprint density at radius 2 is 0.750 bits per heavy atom. The third-order valence-corrected chi connectivity index (χ3v) is 0. The van der Waals surface area contributed by atoms with Crippen molar-refractivity contribution < 1.29 is 18.8 Å². The Kier molecular flexibility index (Phi) is 1170. The van der Waals surface area contributed by atoms with Crippen molar-refractivity contribution in [2.24, 2.45) is 0 Å². The first kappa shape index (κ1) is 23.1. The summed E-state index contributed by atoms with van der Waals surface area (Å²) in [7, 11) is 4.61. The Balaban J connectivity index is -0.0000000133. The summed E-state index contributed by atoms with van der Waals surface area (Å²) in [4.78, 5) is 0. The molecule has 0 rings (SSSR count). The molecular weight excluding hydrogens is 303 g/mol. The van der Waals surface area contributed by atoms with Gasteiger partial charge < -0.3 is 20.8 Å². The molecule has 0 saturated heterocycles. The zero-order chi connectivity index (χ0) is 8.00. The molecule has 59 valence electrons. The number of hydrogen-bond donors (Lipinski definition) is 0. The molecule has 0 aliphatic carbocycles. The molecule has 0 amide bonds. The Labute approximate surface area is 69.8 Å². The third-order valence-electron chi connectivity index (χ3n) is 0. The third kappa shape index (κ3) is 261. The fraction of sp³-hybridized carbons (Fsp3) is 0.500. The molecule has 0 N–H and O–H groups in total. The van der Waals surface area contributed by atoms with Crippen LogP contribution in [0.4, 0.5) is 0 Å². The number of hydrogen-bond acceptors (Lipinski definition) is 0. The fourth-order valence-corrected chi connectivity index (χ4v) is 0. The van der Waals surface area contributed by atoms with Crippen molar-refractivity contribution in [2.75, 3.05) is 0 Å². The van der Waals surface area contributed by atoms with Gasteiger partial charge in [-0.25, -0.2) is 0 Å². The van der Waals surface area contributed by atoms with Gasteiger partial charge in [-0.1, -0.05) is 0 Å². The molecule has 0 aliphatic heterocycles. The zero-order valence-corrected chi connectivity index (χ0v) is 8.84. The van der Waals surface area contributed by atoms with Crippen LogP contribution in [-0.2, 0) is 18.8 Å². The van der Waals surface area contributed by atoms with Crippen LogP contribution in [0.3, 0.4) is 0 Å². The maximum absolute atomic E-state index is 4.61. The van der Waals surface area contributed by atoms with E-state index in [9.17, 15) is 0 Å². The van der Waals surface area contributed by atoms with Crippen LogP contribution in [0.5, 0.6) is 0 Å². The van der Waals surface area contributed by atoms with Gasteiger partial charge in [-0.2, -0.15) is 20.8 Å². The molecule has 0 atom stereocenters. The van der Waals surface area contributed by atoms with Crippen LogP contribution in [0.25, 0.3) is 0 Å². The van der Waals surface area contributed by atoms with Crippen molar-refractivity contribution in [3.63, 3.8) is 0 Å². The Bertz CT molecular complexity index is 8.49. The molecule has 0 aromatic heterocycles. The van der Waals surface area contributed by atoms with E-state index in [0.717, 1.165) is 0 Å². The van der Waals surface area contributed by atoms with Gasteiger partial charge in [-0.15, -0.1) is 0 Å². The molecule has 8 heavy (non-hydrogen) atoms. The number of rotatable bonds is 0. The second-order valence-corrected chi connectivity index (χ2v) is 0. The molecule has 0 nitrogen and oxygen atoms in total. The van der Waals surface area contributed by atoms with Gasteiger partial charge in [-0.3, -0.25) is 0 Å². The van der Waals surface area contributed by atoms with Gasteiger partial charge in [0.25, 0.3) is 0 Å². The SMILES string of the molecule is [CH2-]C.[CH2-]C.[CH2-]C.[Cl][Pt]. The van der Waals surface area contributed by atoms with E-state index in [1.165, 1.54) is 0 Å². The van der Waals surface area contributed by atoms with E-state index in [1.54, 1.807) is 39.5 Å². The quantitative estimate of drug-likeness (QED) is 0.602. The van der Waals surface area contributed by atoms with Gasteiger partial charge in [0.1, 0.15) is 0 Å². The predicted molar refractivity (Wildman–Crippen MR) is 38.9 cm³/mol. The predicted octanol–water partition coefficient (Wildman–Crippen LogP) is 3.21. The molecule has 0 bridgehead atoms. The number of halogens is 1. The average Bonchev–Trinajstić information content (AvgIpc) is 2.03. The first-order valence-corrected chi connectivity index (χ1v) is 5.06. The van der Waals surface area contributed by atoms with Crippen molar-refractivity contribution in [1.82, 2.24) is 0 Å². The molecule has 0 fully saturated rings. The Morgan fingerprint density at radius 1 is 0.750 bits per heavy atom. The van der Waals surface area contributed by atoms with Crippen LogP contribution in [-0.4, -0.2) is 0 Å². The van der Waals surface area contributed by atoms with E-state index in [4.69, 9.17) is 0 Å². The van der Waals surface area contributed by atoms with E-state index in [-0.39, 0.29) is 0 Å². The van der Waals surface area contributed by atoms with Crippen LogP contribution in [0.2, 0.25) is 0 Å². The molecule has 2 heteroatoms. The zero-order valence-electron chi connectivity index (χ0n) is 5.82. The van der Waals surface area contributed by atoms with Gasteiger partial charge in [0, 0.05) is 0 Å². The van der Waals surface area contributed by atoms with Crippen LogP contribution < -0.4 is 0 Å². The molecule has 0 radical (unpaired) electrons. The minimum absolute atomic E-state index is 1.61. The molecule has 0 spiro atoms. The molecular formula is C6H15ClPt-3. The summed E-state index contributed by atoms with van der Waals surface area (Å²) in [5.41, 5.74) is 0. The summed E-state index contributed by atoms with van der Waals surface area (Å²) < 4.78 is 0. The van der Waals surface area contributed by atoms with Crippen molar-refractivity contribution in [2.45, 2.75) is 20.8 Å². The van der Waals surface area contributed by atoms with Gasteiger partial charge in [-0.05, 0) is 0 Å². The van der Waals surface area contributed by atoms with E-state index >= 15 is 0 Å². The van der Waals surface area contributed by atoms with Crippen molar-refractivity contribution in [1.29, 1.82) is 0 Å². The maximum atomic E-state index is 4.61. The molecule has 0 saturated carbocycles. The minimum atomic E-state index is 1.61. The Morgan fingerprint density at radius 3 is 0.750 bits per heavy atom. The summed E-state index contributed by atoms with van der Waals surface area (Å²) in [6, 6.07) is 0. The van der Waals surface area contributed by atoms with Crippen LogP contribution in [0.15, 0.2) is 0 Å². The topological polar surface area (TPSA) is 0 Å². The van der Waals surface area contributed by atoms with Crippen molar-refractivity contribution in [3.8, 4) is 0 Å². The van der Waals surface area contributed by atoms with Gasteiger partial charge in [0.2, 0.25) is 0 Å².